The number of carbonyl (C=O) groups excluding carboxylic acids is 1. The van der Waals surface area contributed by atoms with Gasteiger partial charge in [-0.15, -0.1) is 0 Å². The number of hydrogen-bond acceptors (Lipinski definition) is 9. The van der Waals surface area contributed by atoms with E-state index in [4.69, 9.17) is 9.72 Å². The third kappa shape index (κ3) is 5.52. The van der Waals surface area contributed by atoms with Crippen LogP contribution in [0.15, 0.2) is 43.1 Å². The zero-order valence-electron chi connectivity index (χ0n) is 19.1. The second kappa shape index (κ2) is 10.5. The second-order valence-electron chi connectivity index (χ2n) is 8.58. The molecule has 3 aromatic rings. The molecule has 5 rings (SSSR count). The second-order valence-corrected chi connectivity index (χ2v) is 9.56. The van der Waals surface area contributed by atoms with Crippen molar-refractivity contribution < 1.29 is 9.53 Å². The summed E-state index contributed by atoms with van der Waals surface area (Å²) >= 11 is 1.51. The Balaban J connectivity index is 1.37. The molecule has 34 heavy (non-hydrogen) atoms. The molecule has 2 aliphatic rings. The molecular formula is C24H29N7O2S. The van der Waals surface area contributed by atoms with Crippen molar-refractivity contribution in [2.24, 2.45) is 0 Å². The van der Waals surface area contributed by atoms with E-state index < -0.39 is 0 Å². The van der Waals surface area contributed by atoms with Crippen molar-refractivity contribution in [3.63, 3.8) is 0 Å². The van der Waals surface area contributed by atoms with E-state index in [-0.39, 0.29) is 11.9 Å². The highest BCUT2D eigenvalue weighted by Gasteiger charge is 2.23. The topological polar surface area (TPSA) is 95.5 Å². The Bertz CT molecular complexity index is 1130. The number of morpholine rings is 1. The van der Waals surface area contributed by atoms with Gasteiger partial charge in [-0.05, 0) is 48.7 Å². The van der Waals surface area contributed by atoms with Crippen LogP contribution in [0.2, 0.25) is 0 Å². The molecule has 0 aromatic carbocycles. The lowest BCUT2D eigenvalue weighted by molar-refractivity contribution is -0.127. The predicted molar refractivity (Wildman–Crippen MR) is 134 cm³/mol. The van der Waals surface area contributed by atoms with Gasteiger partial charge in [0.2, 0.25) is 5.91 Å². The first-order chi connectivity index (χ1) is 16.7. The molecule has 2 fully saturated rings. The van der Waals surface area contributed by atoms with Gasteiger partial charge in [0.1, 0.15) is 22.0 Å². The molecule has 0 aliphatic carbocycles. The number of nitrogens with zero attached hydrogens (tertiary/aromatic N) is 5. The Labute approximate surface area is 202 Å². The summed E-state index contributed by atoms with van der Waals surface area (Å²) in [5.74, 6) is 1.51. The van der Waals surface area contributed by atoms with Gasteiger partial charge >= 0.3 is 0 Å². The molecule has 2 saturated heterocycles. The van der Waals surface area contributed by atoms with Crippen molar-refractivity contribution in [3.8, 4) is 0 Å². The van der Waals surface area contributed by atoms with E-state index in [0.29, 0.717) is 6.54 Å². The summed E-state index contributed by atoms with van der Waals surface area (Å²) in [6.07, 6.45) is 5.10. The predicted octanol–water partition coefficient (Wildman–Crippen LogP) is 3.25. The Morgan fingerprint density at radius 3 is 2.91 bits per heavy atom. The SMILES string of the molecule is C=CC(=O)N1CCC[C@H](Nc2cc(CN3CCOCC3)cc(Nc3nc4cccnc4s3)n2)C1. The lowest BCUT2D eigenvalue weighted by Gasteiger charge is -2.33. The number of pyridine rings is 2. The van der Waals surface area contributed by atoms with Crippen molar-refractivity contribution >= 4 is 44.4 Å². The summed E-state index contributed by atoms with van der Waals surface area (Å²) in [6.45, 7) is 9.21. The van der Waals surface area contributed by atoms with E-state index in [1.165, 1.54) is 17.4 Å². The molecule has 0 bridgehead atoms. The molecule has 9 nitrogen and oxygen atoms in total. The summed E-state index contributed by atoms with van der Waals surface area (Å²) in [6, 6.07) is 8.17. The Morgan fingerprint density at radius 1 is 1.24 bits per heavy atom. The third-order valence-electron chi connectivity index (χ3n) is 6.06. The van der Waals surface area contributed by atoms with Crippen molar-refractivity contribution in [1.29, 1.82) is 0 Å². The van der Waals surface area contributed by atoms with Gasteiger partial charge in [-0.1, -0.05) is 17.9 Å². The van der Waals surface area contributed by atoms with E-state index >= 15 is 0 Å². The number of piperidine rings is 1. The lowest BCUT2D eigenvalue weighted by Crippen LogP contribution is -2.44. The smallest absolute Gasteiger partial charge is 0.246 e. The molecule has 3 aromatic heterocycles. The standard InChI is InChI=1S/C24H29N7O2S/c1-2-22(32)31-8-4-5-18(16-31)26-20-13-17(15-30-9-11-33-12-10-30)14-21(28-20)29-24-27-19-6-3-7-25-23(19)34-24/h2-3,6-7,13-14,18H,1,4-5,8-12,15-16H2,(H2,26,27,28,29)/t18-/m0/s1. The van der Waals surface area contributed by atoms with E-state index in [9.17, 15) is 4.79 Å². The van der Waals surface area contributed by atoms with E-state index in [1.807, 2.05) is 17.0 Å². The molecule has 0 spiro atoms. The van der Waals surface area contributed by atoms with Gasteiger partial charge in [-0.2, -0.15) is 0 Å². The fourth-order valence-corrected chi connectivity index (χ4v) is 5.21. The summed E-state index contributed by atoms with van der Waals surface area (Å²) in [7, 11) is 0. The molecule has 1 amide bonds. The van der Waals surface area contributed by atoms with E-state index in [0.717, 1.165) is 84.9 Å². The summed E-state index contributed by atoms with van der Waals surface area (Å²) in [4.78, 5) is 31.1. The average molecular weight is 480 g/mol. The monoisotopic (exact) mass is 479 g/mol. The molecule has 0 saturated carbocycles. The van der Waals surface area contributed by atoms with Crippen molar-refractivity contribution in [2.75, 3.05) is 50.0 Å². The van der Waals surface area contributed by atoms with Gasteiger partial charge in [0.15, 0.2) is 5.13 Å². The highest BCUT2D eigenvalue weighted by atomic mass is 32.1. The maximum Gasteiger partial charge on any atom is 0.246 e. The van der Waals surface area contributed by atoms with Gasteiger partial charge in [0, 0.05) is 45.0 Å². The molecule has 178 valence electrons. The number of rotatable bonds is 7. The fraction of sp³-hybridized carbons (Fsp3) is 0.417. The van der Waals surface area contributed by atoms with Crippen LogP contribution in [0.4, 0.5) is 16.8 Å². The molecule has 2 N–H and O–H groups in total. The number of hydrogen-bond donors (Lipinski definition) is 2. The number of amides is 1. The first-order valence-corrected chi connectivity index (χ1v) is 12.5. The molecule has 10 heteroatoms. The van der Waals surface area contributed by atoms with Gasteiger partial charge in [-0.3, -0.25) is 9.69 Å². The fourth-order valence-electron chi connectivity index (χ4n) is 4.40. The van der Waals surface area contributed by atoms with Gasteiger partial charge in [0.05, 0.1) is 13.2 Å². The zero-order chi connectivity index (χ0) is 23.3. The Morgan fingerprint density at radius 2 is 2.09 bits per heavy atom. The van der Waals surface area contributed by atoms with Gasteiger partial charge in [0.25, 0.3) is 0 Å². The molecule has 5 heterocycles. The van der Waals surface area contributed by atoms with Crippen molar-refractivity contribution in [2.45, 2.75) is 25.4 Å². The molecule has 0 unspecified atom stereocenters. The van der Waals surface area contributed by atoms with Crippen LogP contribution in [-0.4, -0.2) is 76.1 Å². The largest absolute Gasteiger partial charge is 0.379 e. The van der Waals surface area contributed by atoms with Crippen LogP contribution in [0.25, 0.3) is 10.3 Å². The third-order valence-corrected chi connectivity index (χ3v) is 6.95. The number of nitrogens with one attached hydrogen (secondary N) is 2. The number of likely N-dealkylation sites (tertiary alicyclic amines) is 1. The van der Waals surface area contributed by atoms with Crippen LogP contribution in [0.5, 0.6) is 0 Å². The summed E-state index contributed by atoms with van der Waals surface area (Å²) in [5, 5.41) is 7.71. The number of ether oxygens (including phenoxy) is 1. The maximum atomic E-state index is 12.1. The number of anilines is 3. The van der Waals surface area contributed by atoms with Gasteiger partial charge < -0.3 is 20.3 Å². The highest BCUT2D eigenvalue weighted by molar-refractivity contribution is 7.21. The van der Waals surface area contributed by atoms with Crippen molar-refractivity contribution in [3.05, 3.63) is 48.7 Å². The minimum absolute atomic E-state index is 0.0210. The highest BCUT2D eigenvalue weighted by Crippen LogP contribution is 2.28. The normalized spacial score (nSPS) is 19.2. The molecule has 2 aliphatic heterocycles. The molecule has 1 atom stereocenters. The van der Waals surface area contributed by atoms with Crippen LogP contribution in [-0.2, 0) is 16.1 Å². The molecule has 0 radical (unpaired) electrons. The van der Waals surface area contributed by atoms with Crippen LogP contribution >= 0.6 is 11.3 Å². The minimum Gasteiger partial charge on any atom is -0.379 e. The van der Waals surface area contributed by atoms with Crippen molar-refractivity contribution in [1.82, 2.24) is 24.8 Å². The number of carbonyl (C=O) groups is 1. The quantitative estimate of drug-likeness (QED) is 0.499. The number of thiazole rings is 1. The summed E-state index contributed by atoms with van der Waals surface area (Å²) in [5.41, 5.74) is 2.03. The van der Waals surface area contributed by atoms with Crippen LogP contribution in [0.1, 0.15) is 18.4 Å². The Kier molecular flexibility index (Phi) is 6.98. The van der Waals surface area contributed by atoms with Gasteiger partial charge in [-0.25, -0.2) is 15.0 Å². The van der Waals surface area contributed by atoms with Crippen LogP contribution in [0.3, 0.4) is 0 Å². The number of fused-ring (bicyclic) bond motifs is 1. The first-order valence-electron chi connectivity index (χ1n) is 11.6. The van der Waals surface area contributed by atoms with E-state index in [1.54, 1.807) is 6.20 Å². The average Bonchev–Trinajstić information content (AvgIpc) is 3.26. The van der Waals surface area contributed by atoms with E-state index in [2.05, 4.69) is 44.2 Å². The van der Waals surface area contributed by atoms with Crippen LogP contribution in [0, 0.1) is 0 Å². The minimum atomic E-state index is -0.0210. The Hall–Kier alpha value is -3.08. The molecular weight excluding hydrogens is 450 g/mol. The lowest BCUT2D eigenvalue weighted by atomic mass is 10.1. The zero-order valence-corrected chi connectivity index (χ0v) is 19.9. The number of aromatic nitrogens is 3. The summed E-state index contributed by atoms with van der Waals surface area (Å²) < 4.78 is 5.50. The maximum absolute atomic E-state index is 12.1. The van der Waals surface area contributed by atoms with Crippen LogP contribution < -0.4 is 10.6 Å². The first kappa shape index (κ1) is 22.7.